The van der Waals surface area contributed by atoms with Crippen LogP contribution in [0, 0.1) is 5.92 Å². The van der Waals surface area contributed by atoms with Crippen molar-refractivity contribution in [3.05, 3.63) is 54.0 Å². The molecular weight excluding hydrogens is 370 g/mol. The quantitative estimate of drug-likeness (QED) is 0.637. The topological polar surface area (TPSA) is 100 Å². The lowest BCUT2D eigenvalue weighted by Crippen LogP contribution is -2.34. The summed E-state index contributed by atoms with van der Waals surface area (Å²) in [5.74, 6) is 0.273. The molecule has 7 heteroatoms. The lowest BCUT2D eigenvalue weighted by molar-refractivity contribution is -0.125. The minimum atomic E-state index is -0.367. The average Bonchev–Trinajstić information content (AvgIpc) is 3.25. The van der Waals surface area contributed by atoms with Crippen molar-refractivity contribution in [3.63, 3.8) is 0 Å². The molecule has 3 N–H and O–H groups in total. The summed E-state index contributed by atoms with van der Waals surface area (Å²) in [5.41, 5.74) is 0.747. The third-order valence-electron chi connectivity index (χ3n) is 5.09. The van der Waals surface area contributed by atoms with Gasteiger partial charge in [-0.25, -0.2) is 0 Å². The predicted molar refractivity (Wildman–Crippen MR) is 109 cm³/mol. The Morgan fingerprint density at radius 3 is 2.48 bits per heavy atom. The van der Waals surface area contributed by atoms with Crippen molar-refractivity contribution >= 4 is 23.4 Å². The van der Waals surface area contributed by atoms with Crippen LogP contribution in [0.15, 0.2) is 47.1 Å². The van der Waals surface area contributed by atoms with E-state index in [1.807, 2.05) is 0 Å². The summed E-state index contributed by atoms with van der Waals surface area (Å²) in [6, 6.07) is 10.3. The van der Waals surface area contributed by atoms with Crippen LogP contribution in [0.5, 0.6) is 0 Å². The molecule has 29 heavy (non-hydrogen) atoms. The number of benzene rings is 1. The Bertz CT molecular complexity index is 826. The highest BCUT2D eigenvalue weighted by atomic mass is 16.3. The van der Waals surface area contributed by atoms with E-state index in [0.717, 1.165) is 12.8 Å². The van der Waals surface area contributed by atoms with Crippen LogP contribution >= 0.6 is 0 Å². The third-order valence-corrected chi connectivity index (χ3v) is 5.09. The highest BCUT2D eigenvalue weighted by Gasteiger charge is 2.18. The smallest absolute Gasteiger partial charge is 0.253 e. The minimum absolute atomic E-state index is 0.100. The molecule has 0 aliphatic heterocycles. The molecule has 1 aliphatic carbocycles. The Hall–Kier alpha value is -3.09. The fraction of sp³-hybridized carbons (Fsp3) is 0.409. The molecule has 0 unspecified atom stereocenters. The normalized spacial score (nSPS) is 14.2. The van der Waals surface area contributed by atoms with Gasteiger partial charge in [0.15, 0.2) is 0 Å². The maximum Gasteiger partial charge on any atom is 0.253 e. The van der Waals surface area contributed by atoms with Gasteiger partial charge in [0.05, 0.1) is 30.6 Å². The molecule has 0 radical (unpaired) electrons. The summed E-state index contributed by atoms with van der Waals surface area (Å²) in [5, 5.41) is 8.14. The third kappa shape index (κ3) is 6.48. The summed E-state index contributed by atoms with van der Waals surface area (Å²) < 4.78 is 5.20. The monoisotopic (exact) mass is 397 g/mol. The molecule has 1 aromatic carbocycles. The number of rotatable bonds is 8. The van der Waals surface area contributed by atoms with E-state index in [1.165, 1.54) is 25.5 Å². The Labute approximate surface area is 170 Å². The van der Waals surface area contributed by atoms with Gasteiger partial charge >= 0.3 is 0 Å². The van der Waals surface area contributed by atoms with Crippen LogP contribution in [0.3, 0.4) is 0 Å². The van der Waals surface area contributed by atoms with Crippen LogP contribution in [0.2, 0.25) is 0 Å². The van der Waals surface area contributed by atoms with Gasteiger partial charge in [-0.2, -0.15) is 0 Å². The zero-order valence-electron chi connectivity index (χ0n) is 16.4. The van der Waals surface area contributed by atoms with Crippen LogP contribution in [-0.2, 0) is 16.1 Å². The molecule has 7 nitrogen and oxygen atoms in total. The molecule has 1 aromatic heterocycles. The Kier molecular flexibility index (Phi) is 7.44. The Morgan fingerprint density at radius 2 is 1.72 bits per heavy atom. The number of carbonyl (C=O) groups is 3. The fourth-order valence-corrected chi connectivity index (χ4v) is 3.56. The molecule has 0 bridgehead atoms. The van der Waals surface area contributed by atoms with Gasteiger partial charge in [0.1, 0.15) is 5.76 Å². The predicted octanol–water partition coefficient (Wildman–Crippen LogP) is 3.23. The number of nitrogens with one attached hydrogen (secondary N) is 3. The van der Waals surface area contributed by atoms with E-state index < -0.39 is 0 Å². The molecule has 1 aliphatic rings. The molecule has 3 amide bonds. The first-order valence-electron chi connectivity index (χ1n) is 10.1. The lowest BCUT2D eigenvalue weighted by Gasteiger charge is -2.20. The maximum atomic E-state index is 12.5. The second-order valence-electron chi connectivity index (χ2n) is 7.34. The largest absolute Gasteiger partial charge is 0.467 e. The average molecular weight is 397 g/mol. The van der Waals surface area contributed by atoms with Crippen molar-refractivity contribution < 1.29 is 18.8 Å². The second kappa shape index (κ2) is 10.5. The van der Waals surface area contributed by atoms with Gasteiger partial charge in [0.2, 0.25) is 11.8 Å². The molecule has 0 saturated heterocycles. The first-order valence-corrected chi connectivity index (χ1v) is 10.1. The first-order chi connectivity index (χ1) is 14.1. The number of furan rings is 1. The van der Waals surface area contributed by atoms with Crippen LogP contribution in [0.4, 0.5) is 5.69 Å². The van der Waals surface area contributed by atoms with Crippen LogP contribution < -0.4 is 16.0 Å². The molecular formula is C22H27N3O4. The van der Waals surface area contributed by atoms with Crippen molar-refractivity contribution in [2.24, 2.45) is 5.92 Å². The van der Waals surface area contributed by atoms with Crippen molar-refractivity contribution in [3.8, 4) is 0 Å². The van der Waals surface area contributed by atoms with Crippen LogP contribution in [-0.4, -0.2) is 24.3 Å². The number of para-hydroxylation sites is 1. The molecule has 0 spiro atoms. The van der Waals surface area contributed by atoms with E-state index in [2.05, 4.69) is 16.0 Å². The highest BCUT2D eigenvalue weighted by Crippen LogP contribution is 2.26. The zero-order chi connectivity index (χ0) is 20.5. The minimum Gasteiger partial charge on any atom is -0.467 e. The number of hydrogen-bond acceptors (Lipinski definition) is 4. The Morgan fingerprint density at radius 1 is 0.931 bits per heavy atom. The SMILES string of the molecule is O=C(CC1CCCCC1)NCC(=O)Nc1ccccc1C(=O)NCc1ccco1. The summed E-state index contributed by atoms with van der Waals surface area (Å²) in [6.07, 6.45) is 7.78. The molecule has 0 atom stereocenters. The van der Waals surface area contributed by atoms with Crippen LogP contribution in [0.1, 0.15) is 54.6 Å². The van der Waals surface area contributed by atoms with Gasteiger partial charge in [-0.3, -0.25) is 14.4 Å². The van der Waals surface area contributed by atoms with Gasteiger partial charge in [-0.15, -0.1) is 0 Å². The summed E-state index contributed by atoms with van der Waals surface area (Å²) in [4.78, 5) is 36.8. The summed E-state index contributed by atoms with van der Waals surface area (Å²) in [6.45, 7) is 0.138. The van der Waals surface area contributed by atoms with Gasteiger partial charge in [0, 0.05) is 6.42 Å². The molecule has 3 rings (SSSR count). The second-order valence-corrected chi connectivity index (χ2v) is 7.34. The van der Waals surface area contributed by atoms with Gasteiger partial charge < -0.3 is 20.4 Å². The van der Waals surface area contributed by atoms with E-state index in [-0.39, 0.29) is 30.8 Å². The summed E-state index contributed by atoms with van der Waals surface area (Å²) >= 11 is 0. The number of hydrogen-bond donors (Lipinski definition) is 3. The van der Waals surface area contributed by atoms with E-state index in [1.54, 1.807) is 36.4 Å². The standard InChI is InChI=1S/C22H27N3O4/c26-20(13-16-7-2-1-3-8-16)23-15-21(27)25-19-11-5-4-10-18(19)22(28)24-14-17-9-6-12-29-17/h4-6,9-12,16H,1-3,7-8,13-15H2,(H,23,26)(H,24,28)(H,25,27). The van der Waals surface area contributed by atoms with Crippen LogP contribution in [0.25, 0.3) is 0 Å². The molecule has 1 fully saturated rings. The van der Waals surface area contributed by atoms with Crippen molar-refractivity contribution in [1.82, 2.24) is 10.6 Å². The van der Waals surface area contributed by atoms with Gasteiger partial charge in [-0.1, -0.05) is 31.4 Å². The van der Waals surface area contributed by atoms with Crippen molar-refractivity contribution in [2.75, 3.05) is 11.9 Å². The fourth-order valence-electron chi connectivity index (χ4n) is 3.56. The van der Waals surface area contributed by atoms with Gasteiger partial charge in [0.25, 0.3) is 5.91 Å². The van der Waals surface area contributed by atoms with E-state index in [4.69, 9.17) is 4.42 Å². The zero-order valence-corrected chi connectivity index (χ0v) is 16.4. The highest BCUT2D eigenvalue weighted by molar-refractivity contribution is 6.04. The van der Waals surface area contributed by atoms with E-state index in [0.29, 0.717) is 29.3 Å². The van der Waals surface area contributed by atoms with E-state index >= 15 is 0 Å². The molecule has 1 saturated carbocycles. The lowest BCUT2D eigenvalue weighted by atomic mass is 9.87. The van der Waals surface area contributed by atoms with E-state index in [9.17, 15) is 14.4 Å². The maximum absolute atomic E-state index is 12.5. The number of carbonyl (C=O) groups excluding carboxylic acids is 3. The number of anilines is 1. The summed E-state index contributed by atoms with van der Waals surface area (Å²) in [7, 11) is 0. The Balaban J connectivity index is 1.48. The number of amides is 3. The van der Waals surface area contributed by atoms with Crippen molar-refractivity contribution in [2.45, 2.75) is 45.1 Å². The van der Waals surface area contributed by atoms with Crippen molar-refractivity contribution in [1.29, 1.82) is 0 Å². The first kappa shape index (κ1) is 20.6. The van der Waals surface area contributed by atoms with Gasteiger partial charge in [-0.05, 0) is 43.0 Å². The molecule has 154 valence electrons. The molecule has 1 heterocycles. The molecule has 2 aromatic rings.